The molecule has 2 amide bonds. The van der Waals surface area contributed by atoms with Gasteiger partial charge in [0.2, 0.25) is 5.91 Å². The lowest BCUT2D eigenvalue weighted by molar-refractivity contribution is -0.151. The second-order valence-corrected chi connectivity index (χ2v) is 7.59. The molecule has 0 bridgehead atoms. The number of rotatable bonds is 3. The fraction of sp³-hybridized carbons (Fsp3) is 0.500. The van der Waals surface area contributed by atoms with Crippen LogP contribution in [0.1, 0.15) is 32.6 Å². The molecule has 2 aliphatic heterocycles. The lowest BCUT2D eigenvalue weighted by atomic mass is 9.85. The molecule has 1 saturated heterocycles. The minimum Gasteiger partial charge on any atom is -0.325 e. The van der Waals surface area contributed by atoms with E-state index >= 15 is 0 Å². The van der Waals surface area contributed by atoms with E-state index in [4.69, 9.17) is 11.6 Å². The number of benzene rings is 1. The monoisotopic (exact) mass is 393 g/mol. The summed E-state index contributed by atoms with van der Waals surface area (Å²) in [6.07, 6.45) is 3.33. The predicted octanol–water partition coefficient (Wildman–Crippen LogP) is 2.14. The van der Waals surface area contributed by atoms with Crippen LogP contribution in [0.2, 0.25) is 5.02 Å². The van der Waals surface area contributed by atoms with E-state index in [9.17, 15) is 14.0 Å². The summed E-state index contributed by atoms with van der Waals surface area (Å²) in [5, 5.41) is 7.00. The Hall–Kier alpha value is -2.35. The maximum Gasteiger partial charge on any atom is 0.268 e. The highest BCUT2D eigenvalue weighted by Crippen LogP contribution is 2.34. The number of carbonyl (C=O) groups is 2. The minimum absolute atomic E-state index is 0.0478. The summed E-state index contributed by atoms with van der Waals surface area (Å²) in [6, 6.07) is 4.15. The van der Waals surface area contributed by atoms with Crippen LogP contribution in [0.4, 0.5) is 10.1 Å². The molecule has 9 heteroatoms. The van der Waals surface area contributed by atoms with E-state index in [1.54, 1.807) is 4.90 Å². The van der Waals surface area contributed by atoms with Gasteiger partial charge in [0.1, 0.15) is 18.2 Å². The Labute approximate surface area is 161 Å². The molecule has 2 heterocycles. The molecule has 4 rings (SSSR count). The highest BCUT2D eigenvalue weighted by molar-refractivity contribution is 6.30. The van der Waals surface area contributed by atoms with E-state index in [2.05, 4.69) is 15.8 Å². The van der Waals surface area contributed by atoms with E-state index in [0.29, 0.717) is 0 Å². The van der Waals surface area contributed by atoms with Crippen LogP contribution in [0.5, 0.6) is 0 Å². The molecule has 144 valence electrons. The quantitative estimate of drug-likeness (QED) is 0.824. The average Bonchev–Trinajstić information content (AvgIpc) is 3.03. The van der Waals surface area contributed by atoms with Gasteiger partial charge in [-0.2, -0.15) is 5.10 Å². The van der Waals surface area contributed by atoms with Gasteiger partial charge in [0.05, 0.1) is 17.8 Å². The number of hydrazone groups is 1. The molecule has 3 aliphatic rings. The molecule has 1 aromatic rings. The molecule has 1 aromatic carbocycles. The van der Waals surface area contributed by atoms with Crippen LogP contribution in [0.25, 0.3) is 0 Å². The zero-order chi connectivity index (χ0) is 19.1. The number of nitrogens with one attached hydrogen (secondary N) is 2. The minimum atomic E-state index is -0.607. The Bertz CT molecular complexity index is 817. The van der Waals surface area contributed by atoms with Crippen molar-refractivity contribution < 1.29 is 14.0 Å². The second kappa shape index (κ2) is 6.99. The first-order valence-corrected chi connectivity index (χ1v) is 9.47. The molecule has 7 nitrogen and oxygen atoms in total. The van der Waals surface area contributed by atoms with Crippen LogP contribution in [0.3, 0.4) is 0 Å². The van der Waals surface area contributed by atoms with Gasteiger partial charge in [0.15, 0.2) is 6.17 Å². The van der Waals surface area contributed by atoms with Gasteiger partial charge < -0.3 is 15.1 Å². The third-order valence-electron chi connectivity index (χ3n) is 5.49. The average molecular weight is 394 g/mol. The maximum atomic E-state index is 13.9. The normalized spacial score (nSPS) is 26.9. The Kier molecular flexibility index (Phi) is 4.67. The smallest absolute Gasteiger partial charge is 0.268 e. The van der Waals surface area contributed by atoms with Gasteiger partial charge in [-0.25, -0.2) is 4.39 Å². The molecule has 0 aromatic heterocycles. The Balaban J connectivity index is 1.52. The van der Waals surface area contributed by atoms with Crippen LogP contribution < -0.4 is 10.7 Å². The third kappa shape index (κ3) is 3.22. The number of nitrogens with zero attached hydrogens (tertiary/aromatic N) is 3. The van der Waals surface area contributed by atoms with E-state index in [1.807, 2.05) is 11.8 Å². The molecule has 1 aliphatic carbocycles. The zero-order valence-electron chi connectivity index (χ0n) is 14.9. The van der Waals surface area contributed by atoms with Crippen LogP contribution in [-0.2, 0) is 9.59 Å². The van der Waals surface area contributed by atoms with Gasteiger partial charge in [0, 0.05) is 5.02 Å². The molecule has 1 saturated carbocycles. The molecule has 0 radical (unpaired) electrons. The lowest BCUT2D eigenvalue weighted by Gasteiger charge is -2.50. The highest BCUT2D eigenvalue weighted by atomic mass is 35.5. The van der Waals surface area contributed by atoms with Crippen molar-refractivity contribution in [1.29, 1.82) is 0 Å². The van der Waals surface area contributed by atoms with Gasteiger partial charge in [-0.3, -0.25) is 15.0 Å². The van der Waals surface area contributed by atoms with Crippen molar-refractivity contribution in [3.8, 4) is 0 Å². The Morgan fingerprint density at radius 3 is 2.85 bits per heavy atom. The molecule has 2 fully saturated rings. The number of fused-ring (bicyclic) bond motifs is 3. The number of amidine groups is 1. The number of hydrogen-bond donors (Lipinski definition) is 2. The van der Waals surface area contributed by atoms with Gasteiger partial charge in [-0.15, -0.1) is 0 Å². The molecule has 3 unspecified atom stereocenters. The zero-order valence-corrected chi connectivity index (χ0v) is 15.7. The third-order valence-corrected chi connectivity index (χ3v) is 5.72. The van der Waals surface area contributed by atoms with Crippen LogP contribution in [-0.4, -0.2) is 52.2 Å². The summed E-state index contributed by atoms with van der Waals surface area (Å²) < 4.78 is 13.9. The van der Waals surface area contributed by atoms with E-state index in [0.717, 1.165) is 37.6 Å². The van der Waals surface area contributed by atoms with E-state index in [1.165, 1.54) is 12.1 Å². The van der Waals surface area contributed by atoms with Crippen molar-refractivity contribution >= 4 is 34.9 Å². The SMILES string of the molecule is CC1=NNC2C(=O)N(CC(=O)Nc3ccc(Cl)cc3F)C3CCCCC3N12. The van der Waals surface area contributed by atoms with Crippen molar-refractivity contribution in [1.82, 2.24) is 15.2 Å². The largest absolute Gasteiger partial charge is 0.325 e. The summed E-state index contributed by atoms with van der Waals surface area (Å²) in [5.41, 5.74) is 2.93. The second-order valence-electron chi connectivity index (χ2n) is 7.16. The summed E-state index contributed by atoms with van der Waals surface area (Å²) in [6.45, 7) is 1.77. The number of piperazine rings is 1. The molecular formula is C18H21ClFN5O2. The Morgan fingerprint density at radius 1 is 1.37 bits per heavy atom. The number of hydrogen-bond acceptors (Lipinski definition) is 5. The molecule has 0 spiro atoms. The molecular weight excluding hydrogens is 373 g/mol. The first kappa shape index (κ1) is 18.0. The maximum absolute atomic E-state index is 13.9. The fourth-order valence-electron chi connectivity index (χ4n) is 4.30. The first-order valence-electron chi connectivity index (χ1n) is 9.09. The topological polar surface area (TPSA) is 77.0 Å². The first-order chi connectivity index (χ1) is 13.0. The van der Waals surface area contributed by atoms with Crippen molar-refractivity contribution in [2.75, 3.05) is 11.9 Å². The predicted molar refractivity (Wildman–Crippen MR) is 99.7 cm³/mol. The van der Waals surface area contributed by atoms with Crippen molar-refractivity contribution in [3.05, 3.63) is 29.0 Å². The van der Waals surface area contributed by atoms with Gasteiger partial charge in [-0.1, -0.05) is 24.4 Å². The van der Waals surface area contributed by atoms with Gasteiger partial charge >= 0.3 is 0 Å². The van der Waals surface area contributed by atoms with Crippen molar-refractivity contribution in [2.24, 2.45) is 5.10 Å². The van der Waals surface area contributed by atoms with Crippen molar-refractivity contribution in [3.63, 3.8) is 0 Å². The molecule has 3 atom stereocenters. The van der Waals surface area contributed by atoms with E-state index < -0.39 is 17.9 Å². The molecule has 27 heavy (non-hydrogen) atoms. The van der Waals surface area contributed by atoms with Crippen LogP contribution >= 0.6 is 11.6 Å². The summed E-state index contributed by atoms with van der Waals surface area (Å²) >= 11 is 5.74. The lowest BCUT2D eigenvalue weighted by Crippen LogP contribution is -2.69. The summed E-state index contributed by atoms with van der Waals surface area (Å²) in [4.78, 5) is 29.2. The van der Waals surface area contributed by atoms with E-state index in [-0.39, 0.29) is 35.2 Å². The molecule has 2 N–H and O–H groups in total. The van der Waals surface area contributed by atoms with Crippen LogP contribution in [0, 0.1) is 5.82 Å². The number of anilines is 1. The number of amides is 2. The fourth-order valence-corrected chi connectivity index (χ4v) is 4.46. The summed E-state index contributed by atoms with van der Waals surface area (Å²) in [5.74, 6) is -0.412. The van der Waals surface area contributed by atoms with Crippen molar-refractivity contribution in [2.45, 2.75) is 50.9 Å². The number of halogens is 2. The number of carbonyl (C=O) groups excluding carboxylic acids is 2. The highest BCUT2D eigenvalue weighted by Gasteiger charge is 2.50. The van der Waals surface area contributed by atoms with Crippen LogP contribution in [0.15, 0.2) is 23.3 Å². The van der Waals surface area contributed by atoms with Gasteiger partial charge in [-0.05, 0) is 38.0 Å². The van der Waals surface area contributed by atoms with Gasteiger partial charge in [0.25, 0.3) is 5.91 Å². The Morgan fingerprint density at radius 2 is 2.11 bits per heavy atom. The standard InChI is InChI=1S/C18H21ClFN5O2/c1-10-22-23-17-18(27)24(14-4-2-3-5-15(14)25(10)17)9-16(26)21-13-7-6-11(19)8-12(13)20/h6-8,14-15,17,23H,2-5,9H2,1H3,(H,21,26). The summed E-state index contributed by atoms with van der Waals surface area (Å²) in [7, 11) is 0.